The van der Waals surface area contributed by atoms with Gasteiger partial charge in [0.25, 0.3) is 0 Å². The third kappa shape index (κ3) is 6.84. The van der Waals surface area contributed by atoms with Crippen LogP contribution >= 0.6 is 11.6 Å². The summed E-state index contributed by atoms with van der Waals surface area (Å²) < 4.78 is 26.5. The lowest BCUT2D eigenvalue weighted by Gasteiger charge is -2.16. The third-order valence-electron chi connectivity index (χ3n) is 4.67. The molecule has 0 saturated carbocycles. The minimum atomic E-state index is -0.728. The summed E-state index contributed by atoms with van der Waals surface area (Å²) >= 11 is 5.97. The second-order valence-corrected chi connectivity index (χ2v) is 7.87. The fourth-order valence-electron chi connectivity index (χ4n) is 2.95. The molecule has 0 unspecified atom stereocenters. The highest BCUT2D eigenvalue weighted by Gasteiger charge is 2.16. The van der Waals surface area contributed by atoms with Crippen LogP contribution < -0.4 is 21.3 Å². The Morgan fingerprint density at radius 2 is 1.29 bits per heavy atom. The Hall–Kier alpha value is -4.31. The molecule has 1 atom stereocenters. The highest BCUT2D eigenvalue weighted by molar-refractivity contribution is 6.30. The number of aromatic nitrogens is 3. The van der Waals surface area contributed by atoms with Crippen LogP contribution in [0.4, 0.5) is 43.7 Å². The first-order chi connectivity index (χ1) is 16.8. The number of hydrogen-bond acceptors (Lipinski definition) is 7. The molecule has 0 aliphatic carbocycles. The normalized spacial score (nSPS) is 11.4. The molecule has 0 radical (unpaired) electrons. The fourth-order valence-corrected chi connectivity index (χ4v) is 3.14. The molecule has 178 valence electrons. The van der Waals surface area contributed by atoms with Crippen LogP contribution in [0, 0.1) is 11.6 Å². The van der Waals surface area contributed by atoms with E-state index in [2.05, 4.69) is 36.2 Å². The first-order valence-corrected chi connectivity index (χ1v) is 10.9. The summed E-state index contributed by atoms with van der Waals surface area (Å²) in [5.41, 5.74) is 1.63. The van der Waals surface area contributed by atoms with Crippen molar-refractivity contribution in [1.82, 2.24) is 15.0 Å². The zero-order valence-corrected chi connectivity index (χ0v) is 19.1. The van der Waals surface area contributed by atoms with E-state index in [1.165, 1.54) is 48.5 Å². The maximum atomic E-state index is 13.3. The van der Waals surface area contributed by atoms with Gasteiger partial charge in [-0.2, -0.15) is 15.0 Å². The Balaban J connectivity index is 1.55. The smallest absolute Gasteiger partial charge is 0.246 e. The quantitative estimate of drug-likeness (QED) is 0.247. The number of amides is 1. The van der Waals surface area contributed by atoms with E-state index in [-0.39, 0.29) is 35.4 Å². The van der Waals surface area contributed by atoms with Crippen LogP contribution in [0.5, 0.6) is 0 Å². The number of carbonyl (C=O) groups is 1. The first-order valence-electron chi connectivity index (χ1n) is 10.5. The lowest BCUT2D eigenvalue weighted by molar-refractivity contribution is -0.116. The van der Waals surface area contributed by atoms with E-state index in [0.717, 1.165) is 0 Å². The number of halogens is 3. The van der Waals surface area contributed by atoms with Crippen molar-refractivity contribution in [2.75, 3.05) is 21.3 Å². The van der Waals surface area contributed by atoms with Crippen molar-refractivity contribution in [3.8, 4) is 0 Å². The van der Waals surface area contributed by atoms with Crippen LogP contribution in [0.15, 0.2) is 72.8 Å². The molecule has 0 spiro atoms. The molecule has 4 N–H and O–H groups in total. The second-order valence-electron chi connectivity index (χ2n) is 7.44. The van der Waals surface area contributed by atoms with Gasteiger partial charge in [0, 0.05) is 22.1 Å². The number of rotatable bonds is 8. The van der Waals surface area contributed by atoms with Gasteiger partial charge in [-0.05, 0) is 73.7 Å². The molecule has 11 heteroatoms. The summed E-state index contributed by atoms with van der Waals surface area (Å²) in [5, 5.41) is 12.1. The molecule has 0 aliphatic rings. The lowest BCUT2D eigenvalue weighted by atomic mass is 10.2. The van der Waals surface area contributed by atoms with E-state index in [9.17, 15) is 13.6 Å². The van der Waals surface area contributed by atoms with Crippen molar-refractivity contribution in [2.24, 2.45) is 0 Å². The van der Waals surface area contributed by atoms with Gasteiger partial charge in [0.2, 0.25) is 23.8 Å². The summed E-state index contributed by atoms with van der Waals surface area (Å²) in [6.45, 7) is 1.64. The average molecular weight is 496 g/mol. The van der Waals surface area contributed by atoms with Gasteiger partial charge in [0.15, 0.2) is 0 Å². The van der Waals surface area contributed by atoms with Crippen molar-refractivity contribution < 1.29 is 13.6 Å². The third-order valence-corrected chi connectivity index (χ3v) is 4.90. The zero-order chi connectivity index (χ0) is 24.8. The summed E-state index contributed by atoms with van der Waals surface area (Å²) in [5.74, 6) is -0.724. The molecule has 0 fully saturated rings. The largest absolute Gasteiger partial charge is 0.342 e. The fraction of sp³-hybridized carbons (Fsp3) is 0.0833. The summed E-state index contributed by atoms with van der Waals surface area (Å²) in [7, 11) is 0. The SMILES string of the molecule is C[C@H](Nc1nc(Nc2ccc(F)cc2)nc(Nc2ccc(F)cc2)n1)C(=O)Nc1cccc(Cl)c1. The second kappa shape index (κ2) is 10.7. The minimum absolute atomic E-state index is 0.1000. The molecule has 0 bridgehead atoms. The van der Waals surface area contributed by atoms with Gasteiger partial charge >= 0.3 is 0 Å². The molecule has 1 aromatic heterocycles. The highest BCUT2D eigenvalue weighted by Crippen LogP contribution is 2.20. The Kier molecular flexibility index (Phi) is 7.32. The van der Waals surface area contributed by atoms with E-state index >= 15 is 0 Å². The molecule has 3 aromatic carbocycles. The van der Waals surface area contributed by atoms with Crippen LogP contribution in [0.1, 0.15) is 6.92 Å². The number of benzene rings is 3. The number of nitrogens with one attached hydrogen (secondary N) is 4. The zero-order valence-electron chi connectivity index (χ0n) is 18.4. The molecular weight excluding hydrogens is 476 g/mol. The Morgan fingerprint density at radius 3 is 1.80 bits per heavy atom. The number of anilines is 6. The predicted molar refractivity (Wildman–Crippen MR) is 132 cm³/mol. The lowest BCUT2D eigenvalue weighted by Crippen LogP contribution is -2.32. The van der Waals surface area contributed by atoms with Crippen LogP contribution in [0.2, 0.25) is 5.02 Å². The summed E-state index contributed by atoms with van der Waals surface area (Å²) in [4.78, 5) is 25.6. The summed E-state index contributed by atoms with van der Waals surface area (Å²) in [6, 6.07) is 17.3. The molecular formula is C24H20ClF2N7O. The van der Waals surface area contributed by atoms with Crippen molar-refractivity contribution in [3.63, 3.8) is 0 Å². The van der Waals surface area contributed by atoms with Crippen molar-refractivity contribution in [3.05, 3.63) is 89.5 Å². The van der Waals surface area contributed by atoms with E-state index in [1.54, 1.807) is 31.2 Å². The molecule has 4 rings (SSSR count). The molecule has 1 heterocycles. The first kappa shape index (κ1) is 23.8. The van der Waals surface area contributed by atoms with E-state index < -0.39 is 6.04 Å². The number of carbonyl (C=O) groups excluding carboxylic acids is 1. The summed E-state index contributed by atoms with van der Waals surface area (Å²) in [6.07, 6.45) is 0. The number of nitrogens with zero attached hydrogens (tertiary/aromatic N) is 3. The van der Waals surface area contributed by atoms with E-state index in [1.807, 2.05) is 0 Å². The molecule has 0 aliphatic heterocycles. The van der Waals surface area contributed by atoms with Gasteiger partial charge < -0.3 is 21.3 Å². The van der Waals surface area contributed by atoms with Gasteiger partial charge in [-0.15, -0.1) is 0 Å². The molecule has 1 amide bonds. The average Bonchev–Trinajstić information content (AvgIpc) is 2.82. The van der Waals surface area contributed by atoms with Crippen molar-refractivity contribution in [1.29, 1.82) is 0 Å². The highest BCUT2D eigenvalue weighted by atomic mass is 35.5. The number of hydrogen-bond donors (Lipinski definition) is 4. The molecule has 0 saturated heterocycles. The molecule has 4 aromatic rings. The van der Waals surface area contributed by atoms with Crippen LogP contribution in [0.25, 0.3) is 0 Å². The van der Waals surface area contributed by atoms with E-state index in [0.29, 0.717) is 22.1 Å². The van der Waals surface area contributed by atoms with Crippen molar-refractivity contribution in [2.45, 2.75) is 13.0 Å². The standard InChI is InChI=1S/C24H20ClF2N7O/c1-14(21(35)29-20-4-2-3-15(25)13-20)28-22-32-23(30-18-9-5-16(26)6-10-18)34-24(33-22)31-19-11-7-17(27)8-12-19/h2-14H,1H3,(H,29,35)(H3,28,30,31,32,33,34)/t14-/m0/s1. The Bertz CT molecular complexity index is 1250. The van der Waals surface area contributed by atoms with Gasteiger partial charge in [-0.1, -0.05) is 17.7 Å². The van der Waals surface area contributed by atoms with Crippen LogP contribution in [-0.4, -0.2) is 26.9 Å². The molecule has 35 heavy (non-hydrogen) atoms. The Labute approximate surface area is 204 Å². The van der Waals surface area contributed by atoms with Gasteiger partial charge in [0.1, 0.15) is 17.7 Å². The predicted octanol–water partition coefficient (Wildman–Crippen LogP) is 5.73. The maximum absolute atomic E-state index is 13.3. The Morgan fingerprint density at radius 1 is 0.771 bits per heavy atom. The van der Waals surface area contributed by atoms with Gasteiger partial charge in [-0.25, -0.2) is 8.78 Å². The topological polar surface area (TPSA) is 104 Å². The monoisotopic (exact) mass is 495 g/mol. The minimum Gasteiger partial charge on any atom is -0.342 e. The maximum Gasteiger partial charge on any atom is 0.246 e. The van der Waals surface area contributed by atoms with Gasteiger partial charge in [-0.3, -0.25) is 4.79 Å². The van der Waals surface area contributed by atoms with Crippen molar-refractivity contribution >= 4 is 52.4 Å². The van der Waals surface area contributed by atoms with Gasteiger partial charge in [0.05, 0.1) is 0 Å². The van der Waals surface area contributed by atoms with Crippen LogP contribution in [0.3, 0.4) is 0 Å². The van der Waals surface area contributed by atoms with Crippen LogP contribution in [-0.2, 0) is 4.79 Å². The molecule has 8 nitrogen and oxygen atoms in total. The van der Waals surface area contributed by atoms with E-state index in [4.69, 9.17) is 11.6 Å².